The van der Waals surface area contributed by atoms with Gasteiger partial charge in [0.1, 0.15) is 5.15 Å². The number of esters is 1. The lowest BCUT2D eigenvalue weighted by molar-refractivity contribution is 0.0581. The van der Waals surface area contributed by atoms with Crippen LogP contribution in [0.1, 0.15) is 28.0 Å². The number of alkyl halides is 3. The number of methoxy groups -OCH3 is 1. The number of hydrogen-bond acceptors (Lipinski definition) is 3. The zero-order valence-corrected chi connectivity index (χ0v) is 10.5. The maximum absolute atomic E-state index is 12.8. The Kier molecular flexibility index (Phi) is 4.61. The van der Waals surface area contributed by atoms with Gasteiger partial charge in [-0.15, -0.1) is 0 Å². The number of carbonyl (C=O) groups is 1. The van der Waals surface area contributed by atoms with E-state index in [2.05, 4.69) is 25.7 Å². The van der Waals surface area contributed by atoms with Crippen LogP contribution in [0.5, 0.6) is 0 Å². The number of carbonyl (C=O) groups excluding carboxylic acids is 1. The van der Waals surface area contributed by atoms with Crippen LogP contribution in [0.15, 0.2) is 6.07 Å². The second-order valence-electron chi connectivity index (χ2n) is 2.79. The second kappa shape index (κ2) is 5.54. The Balaban J connectivity index is 3.44. The first-order valence-electron chi connectivity index (χ1n) is 4.13. The maximum atomic E-state index is 12.8. The molecule has 0 spiro atoms. The first kappa shape index (κ1) is 13.3. The molecular weight excluding hydrogens is 307 g/mol. The third kappa shape index (κ3) is 2.68. The number of pyridine rings is 1. The van der Waals surface area contributed by atoms with Gasteiger partial charge in [-0.2, -0.15) is 0 Å². The van der Waals surface area contributed by atoms with Gasteiger partial charge < -0.3 is 4.74 Å². The lowest BCUT2D eigenvalue weighted by atomic mass is 10.1. The van der Waals surface area contributed by atoms with Gasteiger partial charge in [-0.05, 0) is 11.6 Å². The van der Waals surface area contributed by atoms with Gasteiger partial charge in [0.05, 0.1) is 12.7 Å². The summed E-state index contributed by atoms with van der Waals surface area (Å²) in [4.78, 5) is 14.8. The van der Waals surface area contributed by atoms with Crippen molar-refractivity contribution in [2.45, 2.75) is 11.8 Å². The molecule has 1 heterocycles. The minimum atomic E-state index is -2.81. The van der Waals surface area contributed by atoms with Crippen LogP contribution in [0.4, 0.5) is 8.78 Å². The smallest absolute Gasteiger partial charge is 0.357 e. The van der Waals surface area contributed by atoms with E-state index < -0.39 is 23.7 Å². The molecule has 0 bridgehead atoms. The average Bonchev–Trinajstić information content (AvgIpc) is 2.26. The first-order valence-corrected chi connectivity index (χ1v) is 5.63. The highest BCUT2D eigenvalue weighted by Gasteiger charge is 2.24. The molecule has 0 amide bonds. The lowest BCUT2D eigenvalue weighted by Crippen LogP contribution is -2.11. The molecule has 0 aliphatic rings. The molecule has 1 aromatic rings. The Labute approximate surface area is 104 Å². The highest BCUT2D eigenvalue weighted by Crippen LogP contribution is 2.29. The van der Waals surface area contributed by atoms with Gasteiger partial charge >= 0.3 is 5.97 Å². The molecule has 0 atom stereocenters. The topological polar surface area (TPSA) is 39.2 Å². The van der Waals surface area contributed by atoms with Crippen LogP contribution in [0, 0.1) is 0 Å². The summed E-state index contributed by atoms with van der Waals surface area (Å²) in [6, 6.07) is 1.28. The Hall–Kier alpha value is -0.750. The number of halogens is 4. The normalized spacial score (nSPS) is 10.6. The standard InChI is InChI=1S/C9H7BrClF2NO2/c1-16-9(15)7-6(8(12)13)4(3-10)2-5(11)14-7/h2,8H,3H2,1H3. The molecule has 0 aromatic carbocycles. The minimum absolute atomic E-state index is 0.0285. The Morgan fingerprint density at radius 1 is 1.69 bits per heavy atom. The van der Waals surface area contributed by atoms with Crippen molar-refractivity contribution in [1.29, 1.82) is 0 Å². The second-order valence-corrected chi connectivity index (χ2v) is 3.74. The van der Waals surface area contributed by atoms with E-state index in [1.54, 1.807) is 0 Å². The lowest BCUT2D eigenvalue weighted by Gasteiger charge is -2.10. The molecule has 0 radical (unpaired) electrons. The molecule has 3 nitrogen and oxygen atoms in total. The van der Waals surface area contributed by atoms with Crippen molar-refractivity contribution < 1.29 is 18.3 Å². The van der Waals surface area contributed by atoms with Crippen LogP contribution in [0.3, 0.4) is 0 Å². The molecule has 1 aromatic heterocycles. The van der Waals surface area contributed by atoms with E-state index >= 15 is 0 Å². The van der Waals surface area contributed by atoms with Crippen LogP contribution in [0.25, 0.3) is 0 Å². The first-order chi connectivity index (χ1) is 7.51. The monoisotopic (exact) mass is 313 g/mol. The van der Waals surface area contributed by atoms with Crippen molar-refractivity contribution in [3.8, 4) is 0 Å². The minimum Gasteiger partial charge on any atom is -0.464 e. The van der Waals surface area contributed by atoms with Gasteiger partial charge in [0.15, 0.2) is 5.69 Å². The van der Waals surface area contributed by atoms with E-state index in [4.69, 9.17) is 11.6 Å². The van der Waals surface area contributed by atoms with Crippen LogP contribution >= 0.6 is 27.5 Å². The largest absolute Gasteiger partial charge is 0.464 e. The van der Waals surface area contributed by atoms with E-state index in [-0.39, 0.29) is 16.0 Å². The highest BCUT2D eigenvalue weighted by atomic mass is 79.9. The average molecular weight is 315 g/mol. The molecule has 16 heavy (non-hydrogen) atoms. The van der Waals surface area contributed by atoms with E-state index in [9.17, 15) is 13.6 Å². The van der Waals surface area contributed by atoms with E-state index in [0.29, 0.717) is 0 Å². The molecule has 0 saturated carbocycles. The van der Waals surface area contributed by atoms with Gasteiger partial charge in [-0.3, -0.25) is 0 Å². The zero-order valence-electron chi connectivity index (χ0n) is 8.14. The Morgan fingerprint density at radius 2 is 2.31 bits per heavy atom. The van der Waals surface area contributed by atoms with E-state index in [0.717, 1.165) is 7.11 Å². The van der Waals surface area contributed by atoms with Crippen LogP contribution < -0.4 is 0 Å². The number of aromatic nitrogens is 1. The van der Waals surface area contributed by atoms with Crippen LogP contribution in [-0.2, 0) is 10.1 Å². The zero-order chi connectivity index (χ0) is 12.3. The SMILES string of the molecule is COC(=O)c1nc(Cl)cc(CBr)c1C(F)F. The molecule has 0 saturated heterocycles. The summed E-state index contributed by atoms with van der Waals surface area (Å²) in [5, 5.41) is 0.123. The Bertz CT molecular complexity index is 415. The van der Waals surface area contributed by atoms with Gasteiger partial charge in [0.2, 0.25) is 0 Å². The van der Waals surface area contributed by atoms with Gasteiger partial charge in [-0.25, -0.2) is 18.6 Å². The van der Waals surface area contributed by atoms with Gasteiger partial charge in [0, 0.05) is 5.33 Å². The summed E-state index contributed by atoms with van der Waals surface area (Å²) in [5.74, 6) is -0.931. The highest BCUT2D eigenvalue weighted by molar-refractivity contribution is 9.08. The van der Waals surface area contributed by atoms with Crippen molar-refractivity contribution in [3.63, 3.8) is 0 Å². The predicted octanol–water partition coefficient (Wildman–Crippen LogP) is 3.35. The molecule has 0 aliphatic heterocycles. The van der Waals surface area contributed by atoms with Gasteiger partial charge in [-0.1, -0.05) is 27.5 Å². The third-order valence-corrected chi connectivity index (χ3v) is 2.65. The van der Waals surface area contributed by atoms with Crippen LogP contribution in [0.2, 0.25) is 5.15 Å². The van der Waals surface area contributed by atoms with Crippen molar-refractivity contribution in [1.82, 2.24) is 4.98 Å². The van der Waals surface area contributed by atoms with E-state index in [1.165, 1.54) is 6.07 Å². The fourth-order valence-electron chi connectivity index (χ4n) is 1.18. The number of ether oxygens (including phenoxy) is 1. The van der Waals surface area contributed by atoms with Crippen molar-refractivity contribution in [3.05, 3.63) is 28.0 Å². The quantitative estimate of drug-likeness (QED) is 0.488. The molecule has 0 aliphatic carbocycles. The maximum Gasteiger partial charge on any atom is 0.357 e. The molecule has 1 rings (SSSR count). The van der Waals surface area contributed by atoms with Crippen molar-refractivity contribution >= 4 is 33.5 Å². The molecule has 0 fully saturated rings. The molecule has 0 N–H and O–H groups in total. The summed E-state index contributed by atoms with van der Waals surface area (Å²) in [5.41, 5.74) is -0.678. The van der Waals surface area contributed by atoms with Crippen LogP contribution in [-0.4, -0.2) is 18.1 Å². The summed E-state index contributed by atoms with van der Waals surface area (Å²) in [6.45, 7) is 0. The van der Waals surface area contributed by atoms with E-state index in [1.807, 2.05) is 0 Å². The molecule has 0 unspecified atom stereocenters. The molecule has 7 heteroatoms. The van der Waals surface area contributed by atoms with Gasteiger partial charge in [0.25, 0.3) is 6.43 Å². The summed E-state index contributed by atoms with van der Waals surface area (Å²) >= 11 is 8.67. The summed E-state index contributed by atoms with van der Waals surface area (Å²) in [6.07, 6.45) is -2.81. The predicted molar refractivity (Wildman–Crippen MR) is 58.2 cm³/mol. The number of nitrogens with zero attached hydrogens (tertiary/aromatic N) is 1. The molecule has 88 valence electrons. The van der Waals surface area contributed by atoms with Crippen molar-refractivity contribution in [2.75, 3.05) is 7.11 Å². The summed E-state index contributed by atoms with van der Waals surface area (Å²) < 4.78 is 30.0. The Morgan fingerprint density at radius 3 is 2.75 bits per heavy atom. The number of rotatable bonds is 3. The van der Waals surface area contributed by atoms with Crippen molar-refractivity contribution in [2.24, 2.45) is 0 Å². The molecular formula is C9H7BrClF2NO2. The third-order valence-electron chi connectivity index (χ3n) is 1.85. The fraction of sp³-hybridized carbons (Fsp3) is 0.333. The number of hydrogen-bond donors (Lipinski definition) is 0. The summed E-state index contributed by atoms with van der Waals surface area (Å²) in [7, 11) is 1.09. The fourth-order valence-corrected chi connectivity index (χ4v) is 1.86.